The van der Waals surface area contributed by atoms with E-state index in [1.807, 2.05) is 19.1 Å². The van der Waals surface area contributed by atoms with Gasteiger partial charge in [-0.15, -0.1) is 0 Å². The van der Waals surface area contributed by atoms with Crippen LogP contribution in [0.5, 0.6) is 5.75 Å². The number of carbonyl (C=O) groups is 1. The molecule has 0 atom stereocenters. The number of hydrogen-bond donors (Lipinski definition) is 2. The van der Waals surface area contributed by atoms with E-state index < -0.39 is 5.91 Å². The van der Waals surface area contributed by atoms with E-state index in [-0.39, 0.29) is 11.3 Å². The number of benzene rings is 1. The van der Waals surface area contributed by atoms with Gasteiger partial charge in [-0.05, 0) is 42.8 Å². The molecule has 0 fully saturated rings. The zero-order valence-corrected chi connectivity index (χ0v) is 12.5. The van der Waals surface area contributed by atoms with Crippen LogP contribution in [0, 0.1) is 6.92 Å². The van der Waals surface area contributed by atoms with Gasteiger partial charge in [0.25, 0.3) is 5.91 Å². The van der Waals surface area contributed by atoms with Gasteiger partial charge in [-0.3, -0.25) is 4.79 Å². The molecule has 0 bridgehead atoms. The Morgan fingerprint density at radius 3 is 2.91 bits per heavy atom. The minimum absolute atomic E-state index is 0.0339. The van der Waals surface area contributed by atoms with Gasteiger partial charge in [-0.1, -0.05) is 19.1 Å². The van der Waals surface area contributed by atoms with Crippen molar-refractivity contribution < 1.29 is 14.3 Å². The number of aryl methyl sites for hydroxylation is 2. The summed E-state index contributed by atoms with van der Waals surface area (Å²) in [5.41, 5.74) is 3.19. The lowest BCUT2D eigenvalue weighted by Gasteiger charge is -2.04. The molecule has 0 aliphatic carbocycles. The predicted octanol–water partition coefficient (Wildman–Crippen LogP) is 3.29. The molecule has 5 heteroatoms. The van der Waals surface area contributed by atoms with E-state index in [2.05, 4.69) is 10.5 Å². The van der Waals surface area contributed by atoms with E-state index in [0.29, 0.717) is 5.56 Å². The number of rotatable bonds is 5. The molecule has 1 amide bonds. The van der Waals surface area contributed by atoms with Gasteiger partial charge in [0, 0.05) is 12.6 Å². The first kappa shape index (κ1) is 15.6. The summed E-state index contributed by atoms with van der Waals surface area (Å²) in [7, 11) is 0. The highest BCUT2D eigenvalue weighted by Gasteiger charge is 2.11. The lowest BCUT2D eigenvalue weighted by atomic mass is 10.1. The summed E-state index contributed by atoms with van der Waals surface area (Å²) < 4.78 is 5.49. The maximum Gasteiger partial charge on any atom is 0.275 e. The Balaban J connectivity index is 1.92. The fraction of sp³-hybridized carbons (Fsp3) is 0.176. The van der Waals surface area contributed by atoms with Crippen LogP contribution in [0.3, 0.4) is 0 Å². The summed E-state index contributed by atoms with van der Waals surface area (Å²) in [6, 6.07) is 8.76. The molecule has 5 nitrogen and oxygen atoms in total. The molecule has 114 valence electrons. The Labute approximate surface area is 129 Å². The zero-order valence-electron chi connectivity index (χ0n) is 12.5. The average Bonchev–Trinajstić information content (AvgIpc) is 2.97. The molecule has 2 aromatic rings. The van der Waals surface area contributed by atoms with Crippen molar-refractivity contribution in [3.05, 3.63) is 59.1 Å². The highest BCUT2D eigenvalue weighted by Crippen LogP contribution is 2.20. The van der Waals surface area contributed by atoms with Crippen LogP contribution in [0.2, 0.25) is 0 Å². The molecular formula is C17H18N2O3. The highest BCUT2D eigenvalue weighted by atomic mass is 16.3. The fourth-order valence-electron chi connectivity index (χ4n) is 1.85. The standard InChI is InChI=1S/C17H18N2O3/c1-3-13-9-10-14(22-13)7-5-11-18-19-17(21)15-8-4-6-12(2)16(15)20/h4-11,20H,3H2,1-2H3,(H,19,21). The third kappa shape index (κ3) is 3.85. The second-order valence-electron chi connectivity index (χ2n) is 4.71. The Morgan fingerprint density at radius 2 is 2.18 bits per heavy atom. The van der Waals surface area contributed by atoms with Crippen LogP contribution >= 0.6 is 0 Å². The summed E-state index contributed by atoms with van der Waals surface area (Å²) in [5.74, 6) is 1.15. The molecule has 0 aliphatic rings. The molecule has 0 spiro atoms. The van der Waals surface area contributed by atoms with Crippen LogP contribution in [0.4, 0.5) is 0 Å². The SMILES string of the molecule is CCc1ccc(C=CC=NNC(=O)c2cccc(C)c2O)o1. The Kier molecular flexibility index (Phi) is 5.14. The normalized spacial score (nSPS) is 11.4. The van der Waals surface area contributed by atoms with Crippen LogP contribution in [-0.4, -0.2) is 17.2 Å². The maximum absolute atomic E-state index is 11.9. The number of allylic oxidation sites excluding steroid dienone is 1. The van der Waals surface area contributed by atoms with E-state index in [1.54, 1.807) is 31.2 Å². The summed E-state index contributed by atoms with van der Waals surface area (Å²) in [6.45, 7) is 3.75. The lowest BCUT2D eigenvalue weighted by Crippen LogP contribution is -2.17. The number of aromatic hydroxyl groups is 1. The minimum Gasteiger partial charge on any atom is -0.507 e. The lowest BCUT2D eigenvalue weighted by molar-refractivity contribution is 0.0952. The number of hydrazone groups is 1. The second kappa shape index (κ2) is 7.26. The molecule has 22 heavy (non-hydrogen) atoms. The number of para-hydroxylation sites is 1. The van der Waals surface area contributed by atoms with Gasteiger partial charge in [0.15, 0.2) is 0 Å². The average molecular weight is 298 g/mol. The van der Waals surface area contributed by atoms with E-state index >= 15 is 0 Å². The molecule has 1 heterocycles. The summed E-state index contributed by atoms with van der Waals surface area (Å²) >= 11 is 0. The van der Waals surface area contributed by atoms with Crippen molar-refractivity contribution in [2.75, 3.05) is 0 Å². The van der Waals surface area contributed by atoms with Crippen LogP contribution in [-0.2, 0) is 6.42 Å². The molecule has 0 aliphatic heterocycles. The minimum atomic E-state index is -0.461. The summed E-state index contributed by atoms with van der Waals surface area (Å²) in [5, 5.41) is 13.6. The number of phenols is 1. The molecule has 1 aromatic carbocycles. The first-order chi connectivity index (χ1) is 10.6. The van der Waals surface area contributed by atoms with Gasteiger partial charge in [-0.2, -0.15) is 5.10 Å². The molecule has 1 aromatic heterocycles. The van der Waals surface area contributed by atoms with Crippen molar-refractivity contribution >= 4 is 18.2 Å². The first-order valence-corrected chi connectivity index (χ1v) is 6.99. The van der Waals surface area contributed by atoms with Crippen LogP contribution < -0.4 is 5.43 Å². The number of nitrogens with zero attached hydrogens (tertiary/aromatic N) is 1. The predicted molar refractivity (Wildman–Crippen MR) is 85.9 cm³/mol. The molecule has 0 saturated carbocycles. The third-order valence-electron chi connectivity index (χ3n) is 3.10. The number of amides is 1. The largest absolute Gasteiger partial charge is 0.507 e. The van der Waals surface area contributed by atoms with Crippen molar-refractivity contribution in [1.82, 2.24) is 5.43 Å². The van der Waals surface area contributed by atoms with E-state index in [1.165, 1.54) is 12.3 Å². The van der Waals surface area contributed by atoms with Crippen molar-refractivity contribution in [1.29, 1.82) is 0 Å². The molecule has 2 rings (SSSR count). The van der Waals surface area contributed by atoms with E-state index in [4.69, 9.17) is 4.42 Å². The summed E-state index contributed by atoms with van der Waals surface area (Å²) in [4.78, 5) is 11.9. The quantitative estimate of drug-likeness (QED) is 0.657. The topological polar surface area (TPSA) is 74.8 Å². The fourth-order valence-corrected chi connectivity index (χ4v) is 1.85. The van der Waals surface area contributed by atoms with Gasteiger partial charge in [-0.25, -0.2) is 5.43 Å². The molecule has 2 N–H and O–H groups in total. The van der Waals surface area contributed by atoms with Crippen molar-refractivity contribution in [2.24, 2.45) is 5.10 Å². The van der Waals surface area contributed by atoms with Crippen molar-refractivity contribution in [3.63, 3.8) is 0 Å². The molecule has 0 radical (unpaired) electrons. The Hall–Kier alpha value is -2.82. The maximum atomic E-state index is 11.9. The van der Waals surface area contributed by atoms with E-state index in [0.717, 1.165) is 17.9 Å². The van der Waals surface area contributed by atoms with Crippen molar-refractivity contribution in [3.8, 4) is 5.75 Å². The third-order valence-corrected chi connectivity index (χ3v) is 3.10. The van der Waals surface area contributed by atoms with E-state index in [9.17, 15) is 9.90 Å². The number of nitrogens with one attached hydrogen (secondary N) is 1. The molecular weight excluding hydrogens is 280 g/mol. The van der Waals surface area contributed by atoms with Crippen molar-refractivity contribution in [2.45, 2.75) is 20.3 Å². The molecule has 0 saturated heterocycles. The highest BCUT2D eigenvalue weighted by molar-refractivity contribution is 5.97. The number of hydrogen-bond acceptors (Lipinski definition) is 4. The van der Waals surface area contributed by atoms with Gasteiger partial charge in [0.05, 0.1) is 5.56 Å². The van der Waals surface area contributed by atoms with Gasteiger partial charge in [0.2, 0.25) is 0 Å². The molecule has 0 unspecified atom stereocenters. The number of carbonyl (C=O) groups excluding carboxylic acids is 1. The number of furan rings is 1. The number of phenolic OH excluding ortho intramolecular Hbond substituents is 1. The summed E-state index contributed by atoms with van der Waals surface area (Å²) in [6.07, 6.45) is 5.70. The second-order valence-corrected chi connectivity index (χ2v) is 4.71. The first-order valence-electron chi connectivity index (χ1n) is 6.99. The Bertz CT molecular complexity index is 714. The van der Waals surface area contributed by atoms with Crippen LogP contribution in [0.1, 0.15) is 34.4 Å². The Morgan fingerprint density at radius 1 is 1.36 bits per heavy atom. The monoisotopic (exact) mass is 298 g/mol. The smallest absolute Gasteiger partial charge is 0.275 e. The van der Waals surface area contributed by atoms with Crippen LogP contribution in [0.25, 0.3) is 6.08 Å². The van der Waals surface area contributed by atoms with Gasteiger partial charge < -0.3 is 9.52 Å². The van der Waals surface area contributed by atoms with Crippen LogP contribution in [0.15, 0.2) is 45.9 Å². The van der Waals surface area contributed by atoms with Gasteiger partial charge >= 0.3 is 0 Å². The van der Waals surface area contributed by atoms with Gasteiger partial charge in [0.1, 0.15) is 17.3 Å². The zero-order chi connectivity index (χ0) is 15.9.